The molecule has 2 N–H and O–H groups in total. The molecule has 2 heteroatoms. The van der Waals surface area contributed by atoms with Gasteiger partial charge in [0.1, 0.15) is 0 Å². The molecule has 3 atom stereocenters. The van der Waals surface area contributed by atoms with Crippen molar-refractivity contribution in [2.24, 2.45) is 23.0 Å². The molecule has 0 spiro atoms. The molecule has 2 fully saturated rings. The number of hydrogen-bond acceptors (Lipinski definition) is 2. The van der Waals surface area contributed by atoms with E-state index in [2.05, 4.69) is 32.7 Å². The van der Waals surface area contributed by atoms with Crippen molar-refractivity contribution in [3.05, 3.63) is 0 Å². The monoisotopic (exact) mass is 252 g/mol. The van der Waals surface area contributed by atoms with Crippen molar-refractivity contribution in [3.8, 4) is 0 Å². The molecule has 2 nitrogen and oxygen atoms in total. The Kier molecular flexibility index (Phi) is 4.38. The van der Waals surface area contributed by atoms with Gasteiger partial charge in [-0.25, -0.2) is 0 Å². The Labute approximate surface area is 113 Å². The summed E-state index contributed by atoms with van der Waals surface area (Å²) in [5.74, 6) is 1.79. The normalized spacial score (nSPS) is 34.7. The lowest BCUT2D eigenvalue weighted by molar-refractivity contribution is 0.0661. The van der Waals surface area contributed by atoms with Crippen LogP contribution in [0.25, 0.3) is 0 Å². The Morgan fingerprint density at radius 2 is 1.78 bits per heavy atom. The molecule has 106 valence electrons. The highest BCUT2D eigenvalue weighted by atomic mass is 15.2. The molecule has 2 saturated carbocycles. The smallest absolute Gasteiger partial charge is 0.0247 e. The lowest BCUT2D eigenvalue weighted by atomic mass is 9.69. The summed E-state index contributed by atoms with van der Waals surface area (Å²) in [6.45, 7) is 8.43. The summed E-state index contributed by atoms with van der Waals surface area (Å²) < 4.78 is 0. The molecule has 0 heterocycles. The third kappa shape index (κ3) is 3.27. The van der Waals surface area contributed by atoms with Crippen LogP contribution in [0.2, 0.25) is 0 Å². The minimum Gasteiger partial charge on any atom is -0.326 e. The second-order valence-electron chi connectivity index (χ2n) is 7.84. The fourth-order valence-electron chi connectivity index (χ4n) is 3.68. The first kappa shape index (κ1) is 14.3. The predicted octanol–water partition coefficient (Wildman–Crippen LogP) is 3.26. The molecule has 2 aliphatic carbocycles. The van der Waals surface area contributed by atoms with E-state index in [0.29, 0.717) is 17.5 Å². The fourth-order valence-corrected chi connectivity index (χ4v) is 3.68. The molecule has 0 aromatic rings. The minimum absolute atomic E-state index is 0.397. The van der Waals surface area contributed by atoms with Crippen LogP contribution in [0.1, 0.15) is 59.3 Å². The number of rotatable bonds is 3. The molecule has 0 aromatic carbocycles. The van der Waals surface area contributed by atoms with E-state index in [4.69, 9.17) is 5.73 Å². The van der Waals surface area contributed by atoms with Crippen molar-refractivity contribution < 1.29 is 0 Å². The summed E-state index contributed by atoms with van der Waals surface area (Å²) in [5, 5.41) is 0. The number of hydrogen-bond donors (Lipinski definition) is 1. The third-order valence-electron chi connectivity index (χ3n) is 5.43. The average Bonchev–Trinajstić information content (AvgIpc) is 2.22. The van der Waals surface area contributed by atoms with Gasteiger partial charge in [0, 0.05) is 18.6 Å². The van der Waals surface area contributed by atoms with Gasteiger partial charge in [-0.1, -0.05) is 27.2 Å². The van der Waals surface area contributed by atoms with E-state index in [0.717, 1.165) is 11.8 Å². The maximum Gasteiger partial charge on any atom is 0.0247 e. The second-order valence-corrected chi connectivity index (χ2v) is 7.84. The van der Waals surface area contributed by atoms with Crippen LogP contribution in [0.3, 0.4) is 0 Å². The standard InChI is InChI=1S/C16H32N2/c1-16(2,3)13-8-9-14(17)15(10-13)18(4)11-12-6-5-7-12/h12-15H,5-11,17H2,1-4H3. The van der Waals surface area contributed by atoms with Gasteiger partial charge in [-0.2, -0.15) is 0 Å². The van der Waals surface area contributed by atoms with Gasteiger partial charge in [0.25, 0.3) is 0 Å². The maximum atomic E-state index is 6.38. The van der Waals surface area contributed by atoms with Gasteiger partial charge in [-0.15, -0.1) is 0 Å². The fraction of sp³-hybridized carbons (Fsp3) is 1.00. The highest BCUT2D eigenvalue weighted by Gasteiger charge is 2.36. The zero-order valence-corrected chi connectivity index (χ0v) is 12.8. The molecular weight excluding hydrogens is 220 g/mol. The maximum absolute atomic E-state index is 6.38. The highest BCUT2D eigenvalue weighted by Crippen LogP contribution is 2.39. The lowest BCUT2D eigenvalue weighted by Gasteiger charge is -2.45. The van der Waals surface area contributed by atoms with Gasteiger partial charge in [-0.3, -0.25) is 0 Å². The van der Waals surface area contributed by atoms with E-state index in [1.807, 2.05) is 0 Å². The van der Waals surface area contributed by atoms with Gasteiger partial charge in [0.15, 0.2) is 0 Å². The Morgan fingerprint density at radius 1 is 1.11 bits per heavy atom. The summed E-state index contributed by atoms with van der Waals surface area (Å²) in [4.78, 5) is 2.58. The Hall–Kier alpha value is -0.0800. The molecule has 18 heavy (non-hydrogen) atoms. The van der Waals surface area contributed by atoms with Crippen LogP contribution in [0.15, 0.2) is 0 Å². The molecule has 0 saturated heterocycles. The summed E-state index contributed by atoms with van der Waals surface area (Å²) in [5.41, 5.74) is 6.82. The SMILES string of the molecule is CN(CC1CCC1)C1CC(C(C)(C)C)CCC1N. The van der Waals surface area contributed by atoms with E-state index in [1.54, 1.807) is 0 Å². The predicted molar refractivity (Wildman–Crippen MR) is 78.5 cm³/mol. The number of nitrogens with zero attached hydrogens (tertiary/aromatic N) is 1. The molecule has 0 radical (unpaired) electrons. The summed E-state index contributed by atoms with van der Waals surface area (Å²) in [6, 6.07) is 1.01. The van der Waals surface area contributed by atoms with Crippen LogP contribution in [0, 0.1) is 17.3 Å². The molecule has 0 bridgehead atoms. The molecular formula is C16H32N2. The van der Waals surface area contributed by atoms with Crippen molar-refractivity contribution in [1.29, 1.82) is 0 Å². The zero-order valence-electron chi connectivity index (χ0n) is 12.8. The van der Waals surface area contributed by atoms with E-state index < -0.39 is 0 Å². The van der Waals surface area contributed by atoms with Crippen LogP contribution >= 0.6 is 0 Å². The highest BCUT2D eigenvalue weighted by molar-refractivity contribution is 4.92. The van der Waals surface area contributed by atoms with E-state index in [1.165, 1.54) is 45.1 Å². The van der Waals surface area contributed by atoms with Crippen LogP contribution < -0.4 is 5.73 Å². The Bertz CT molecular complexity index is 265. The Balaban J connectivity index is 1.91. The van der Waals surface area contributed by atoms with Gasteiger partial charge in [0.05, 0.1) is 0 Å². The van der Waals surface area contributed by atoms with Crippen molar-refractivity contribution >= 4 is 0 Å². The summed E-state index contributed by atoms with van der Waals surface area (Å²) >= 11 is 0. The molecule has 0 aliphatic heterocycles. The molecule has 2 aliphatic rings. The minimum atomic E-state index is 0.397. The van der Waals surface area contributed by atoms with Crippen LogP contribution in [0.4, 0.5) is 0 Å². The zero-order chi connectivity index (χ0) is 13.3. The summed E-state index contributed by atoms with van der Waals surface area (Å²) in [7, 11) is 2.30. The van der Waals surface area contributed by atoms with Crippen molar-refractivity contribution in [2.45, 2.75) is 71.4 Å². The lowest BCUT2D eigenvalue weighted by Crippen LogP contribution is -2.52. The van der Waals surface area contributed by atoms with Gasteiger partial charge >= 0.3 is 0 Å². The van der Waals surface area contributed by atoms with Crippen LogP contribution in [-0.2, 0) is 0 Å². The van der Waals surface area contributed by atoms with Crippen LogP contribution in [-0.4, -0.2) is 30.6 Å². The largest absolute Gasteiger partial charge is 0.326 e. The third-order valence-corrected chi connectivity index (χ3v) is 5.43. The Morgan fingerprint density at radius 3 is 2.28 bits per heavy atom. The van der Waals surface area contributed by atoms with Gasteiger partial charge in [0.2, 0.25) is 0 Å². The first-order valence-electron chi connectivity index (χ1n) is 7.83. The van der Waals surface area contributed by atoms with E-state index in [-0.39, 0.29) is 0 Å². The van der Waals surface area contributed by atoms with Crippen molar-refractivity contribution in [3.63, 3.8) is 0 Å². The summed E-state index contributed by atoms with van der Waals surface area (Å²) in [6.07, 6.45) is 8.15. The average molecular weight is 252 g/mol. The van der Waals surface area contributed by atoms with E-state index in [9.17, 15) is 0 Å². The van der Waals surface area contributed by atoms with Crippen molar-refractivity contribution in [1.82, 2.24) is 4.90 Å². The quantitative estimate of drug-likeness (QED) is 0.835. The molecule has 0 aromatic heterocycles. The number of nitrogens with two attached hydrogens (primary N) is 1. The molecule has 3 unspecified atom stereocenters. The van der Waals surface area contributed by atoms with Gasteiger partial charge < -0.3 is 10.6 Å². The molecule has 0 amide bonds. The second kappa shape index (κ2) is 5.50. The van der Waals surface area contributed by atoms with Gasteiger partial charge in [-0.05, 0) is 56.4 Å². The topological polar surface area (TPSA) is 29.3 Å². The number of likely N-dealkylation sites (N-methyl/N-ethyl adjacent to an activating group) is 1. The first-order chi connectivity index (χ1) is 8.38. The van der Waals surface area contributed by atoms with E-state index >= 15 is 0 Å². The van der Waals surface area contributed by atoms with Crippen LogP contribution in [0.5, 0.6) is 0 Å². The van der Waals surface area contributed by atoms with Crippen molar-refractivity contribution in [2.75, 3.05) is 13.6 Å². The first-order valence-corrected chi connectivity index (χ1v) is 7.83. The molecule has 2 rings (SSSR count).